The number of amides is 2. The van der Waals surface area contributed by atoms with E-state index in [-0.39, 0.29) is 18.1 Å². The van der Waals surface area contributed by atoms with E-state index in [1.807, 2.05) is 18.2 Å². The summed E-state index contributed by atoms with van der Waals surface area (Å²) in [6.45, 7) is 4.24. The summed E-state index contributed by atoms with van der Waals surface area (Å²) in [5.74, 6) is -0.410. The molecule has 0 atom stereocenters. The van der Waals surface area contributed by atoms with Gasteiger partial charge in [-0.3, -0.25) is 9.59 Å². The molecule has 7 heteroatoms. The molecule has 0 aliphatic heterocycles. The fourth-order valence-electron chi connectivity index (χ4n) is 4.04. The van der Waals surface area contributed by atoms with Crippen LogP contribution < -0.4 is 10.6 Å². The van der Waals surface area contributed by atoms with Gasteiger partial charge in [0.15, 0.2) is 0 Å². The molecule has 0 aliphatic rings. The molecule has 5 aromatic rings. The first-order valence-electron chi connectivity index (χ1n) is 11.3. The number of furan rings is 2. The summed E-state index contributed by atoms with van der Waals surface area (Å²) in [5.41, 5.74) is 4.01. The number of benzene rings is 3. The molecule has 35 heavy (non-hydrogen) atoms. The van der Waals surface area contributed by atoms with Crippen LogP contribution in [-0.2, 0) is 11.2 Å². The molecule has 0 unspecified atom stereocenters. The lowest BCUT2D eigenvalue weighted by molar-refractivity contribution is -0.115. The highest BCUT2D eigenvalue weighted by atomic mass is 35.5. The van der Waals surface area contributed by atoms with Crippen LogP contribution in [0.4, 0.5) is 11.4 Å². The van der Waals surface area contributed by atoms with Crippen molar-refractivity contribution in [2.75, 3.05) is 10.6 Å². The lowest BCUT2D eigenvalue weighted by Crippen LogP contribution is -2.18. The maximum Gasteiger partial charge on any atom is 0.293 e. The Morgan fingerprint density at radius 3 is 2.54 bits per heavy atom. The van der Waals surface area contributed by atoms with Crippen molar-refractivity contribution in [3.8, 4) is 0 Å². The van der Waals surface area contributed by atoms with Crippen LogP contribution in [0.3, 0.4) is 0 Å². The zero-order valence-corrected chi connectivity index (χ0v) is 20.0. The highest BCUT2D eigenvalue weighted by molar-refractivity contribution is 6.31. The molecule has 2 aromatic heterocycles. The minimum Gasteiger partial charge on any atom is -0.464 e. The standard InChI is InChI=1S/C28H23ClN2O4/c1-16(2)17-10-11-23-22(12-17)18(15-34-23)13-25(32)31-26-21-8-3-4-9-24(21)35-27(26)28(33)30-20-7-5-6-19(29)14-20/h3-12,14-16H,13H2,1-2H3,(H,30,33)(H,31,32). The Bertz CT molecular complexity index is 1560. The molecule has 2 N–H and O–H groups in total. The average molecular weight is 487 g/mol. The first-order valence-corrected chi connectivity index (χ1v) is 11.6. The lowest BCUT2D eigenvalue weighted by Gasteiger charge is -2.08. The van der Waals surface area contributed by atoms with Crippen molar-refractivity contribution in [2.45, 2.75) is 26.2 Å². The molecule has 2 amide bonds. The van der Waals surface area contributed by atoms with Crippen molar-refractivity contribution in [3.05, 3.63) is 94.9 Å². The minimum atomic E-state index is -0.492. The van der Waals surface area contributed by atoms with Gasteiger partial charge in [-0.2, -0.15) is 0 Å². The normalized spacial score (nSPS) is 11.3. The van der Waals surface area contributed by atoms with E-state index in [4.69, 9.17) is 20.4 Å². The highest BCUT2D eigenvalue weighted by Crippen LogP contribution is 2.32. The molecule has 5 rings (SSSR count). The minimum absolute atomic E-state index is 0.0127. The van der Waals surface area contributed by atoms with Gasteiger partial charge in [-0.1, -0.05) is 49.7 Å². The van der Waals surface area contributed by atoms with Gasteiger partial charge in [0.05, 0.1) is 12.7 Å². The Balaban J connectivity index is 1.44. The van der Waals surface area contributed by atoms with Crippen molar-refractivity contribution in [1.82, 2.24) is 0 Å². The van der Waals surface area contributed by atoms with Crippen LogP contribution in [0, 0.1) is 0 Å². The molecule has 0 fully saturated rings. The molecule has 0 spiro atoms. The number of hydrogen-bond donors (Lipinski definition) is 2. The van der Waals surface area contributed by atoms with Crippen molar-refractivity contribution in [1.29, 1.82) is 0 Å². The SMILES string of the molecule is CC(C)c1ccc2occ(CC(=O)Nc3c(C(=O)Nc4cccc(Cl)c4)oc4ccccc34)c2c1. The Labute approximate surface area is 206 Å². The van der Waals surface area contributed by atoms with E-state index < -0.39 is 5.91 Å². The second-order valence-corrected chi connectivity index (χ2v) is 9.10. The number of hydrogen-bond acceptors (Lipinski definition) is 4. The molecule has 3 aromatic carbocycles. The van der Waals surface area contributed by atoms with Crippen LogP contribution in [-0.4, -0.2) is 11.8 Å². The molecule has 2 heterocycles. The molecule has 0 saturated heterocycles. The van der Waals surface area contributed by atoms with Gasteiger partial charge in [0.2, 0.25) is 11.7 Å². The van der Waals surface area contributed by atoms with Crippen LogP contribution in [0.5, 0.6) is 0 Å². The van der Waals surface area contributed by atoms with Gasteiger partial charge in [-0.15, -0.1) is 0 Å². The van der Waals surface area contributed by atoms with E-state index in [1.54, 1.807) is 48.7 Å². The van der Waals surface area contributed by atoms with Crippen LogP contribution in [0.15, 0.2) is 81.8 Å². The van der Waals surface area contributed by atoms with E-state index >= 15 is 0 Å². The molecule has 176 valence electrons. The van der Waals surface area contributed by atoms with E-state index in [1.165, 1.54) is 5.56 Å². The van der Waals surface area contributed by atoms with Crippen molar-refractivity contribution < 1.29 is 18.4 Å². The summed E-state index contributed by atoms with van der Waals surface area (Å²) in [5, 5.41) is 7.70. The number of anilines is 2. The van der Waals surface area contributed by atoms with E-state index in [0.29, 0.717) is 33.3 Å². The number of halogens is 1. The fraction of sp³-hybridized carbons (Fsp3) is 0.143. The predicted molar refractivity (Wildman–Crippen MR) is 138 cm³/mol. The summed E-state index contributed by atoms with van der Waals surface area (Å²) >= 11 is 6.04. The Morgan fingerprint density at radius 2 is 1.74 bits per heavy atom. The van der Waals surface area contributed by atoms with Crippen molar-refractivity contribution in [2.24, 2.45) is 0 Å². The van der Waals surface area contributed by atoms with E-state index in [9.17, 15) is 9.59 Å². The maximum absolute atomic E-state index is 13.1. The third-order valence-electron chi connectivity index (χ3n) is 5.84. The second-order valence-electron chi connectivity index (χ2n) is 8.66. The second kappa shape index (κ2) is 9.31. The summed E-state index contributed by atoms with van der Waals surface area (Å²) in [7, 11) is 0. The Hall–Kier alpha value is -4.03. The highest BCUT2D eigenvalue weighted by Gasteiger charge is 2.23. The third kappa shape index (κ3) is 4.66. The largest absolute Gasteiger partial charge is 0.464 e. The number of rotatable bonds is 6. The van der Waals surface area contributed by atoms with E-state index in [2.05, 4.69) is 30.5 Å². The summed E-state index contributed by atoms with van der Waals surface area (Å²) in [4.78, 5) is 26.2. The smallest absolute Gasteiger partial charge is 0.293 e. The van der Waals surface area contributed by atoms with Gasteiger partial charge in [-0.05, 0) is 53.9 Å². The average Bonchev–Trinajstić information content (AvgIpc) is 3.40. The van der Waals surface area contributed by atoms with Gasteiger partial charge in [0.1, 0.15) is 16.9 Å². The molecular formula is C28H23ClN2O4. The molecule has 0 aliphatic carbocycles. The number of para-hydroxylation sites is 1. The molecule has 6 nitrogen and oxygen atoms in total. The van der Waals surface area contributed by atoms with Crippen LogP contribution in [0.2, 0.25) is 5.02 Å². The summed E-state index contributed by atoms with van der Waals surface area (Å²) in [6.07, 6.45) is 1.69. The first kappa shape index (κ1) is 22.7. The van der Waals surface area contributed by atoms with Gasteiger partial charge < -0.3 is 19.5 Å². The summed E-state index contributed by atoms with van der Waals surface area (Å²) < 4.78 is 11.5. The van der Waals surface area contributed by atoms with Gasteiger partial charge in [0, 0.05) is 27.0 Å². The number of carbonyl (C=O) groups excluding carboxylic acids is 2. The van der Waals surface area contributed by atoms with Crippen LogP contribution in [0.25, 0.3) is 21.9 Å². The van der Waals surface area contributed by atoms with Crippen molar-refractivity contribution in [3.63, 3.8) is 0 Å². The van der Waals surface area contributed by atoms with Crippen LogP contribution >= 0.6 is 11.6 Å². The molecule has 0 saturated carbocycles. The number of fused-ring (bicyclic) bond motifs is 2. The van der Waals surface area contributed by atoms with Gasteiger partial charge in [-0.25, -0.2) is 0 Å². The third-order valence-corrected chi connectivity index (χ3v) is 6.08. The van der Waals surface area contributed by atoms with E-state index in [0.717, 1.165) is 16.5 Å². The number of nitrogens with one attached hydrogen (secondary N) is 2. The zero-order chi connectivity index (χ0) is 24.5. The Morgan fingerprint density at radius 1 is 0.914 bits per heavy atom. The maximum atomic E-state index is 13.1. The lowest BCUT2D eigenvalue weighted by atomic mass is 10.00. The van der Waals surface area contributed by atoms with Gasteiger partial charge >= 0.3 is 0 Å². The Kier molecular flexibility index (Phi) is 6.05. The monoisotopic (exact) mass is 486 g/mol. The fourth-order valence-corrected chi connectivity index (χ4v) is 4.23. The molecular weight excluding hydrogens is 464 g/mol. The van der Waals surface area contributed by atoms with Crippen LogP contribution in [0.1, 0.15) is 41.4 Å². The topological polar surface area (TPSA) is 84.5 Å². The predicted octanol–water partition coefficient (Wildman–Crippen LogP) is 7.39. The first-order chi connectivity index (χ1) is 16.9. The van der Waals surface area contributed by atoms with Crippen molar-refractivity contribution >= 4 is 56.7 Å². The number of carbonyl (C=O) groups is 2. The van der Waals surface area contributed by atoms with Gasteiger partial charge in [0.25, 0.3) is 5.91 Å². The summed E-state index contributed by atoms with van der Waals surface area (Å²) in [6, 6.07) is 20.0. The quantitative estimate of drug-likeness (QED) is 0.262. The molecule has 0 bridgehead atoms. The molecule has 0 radical (unpaired) electrons. The zero-order valence-electron chi connectivity index (χ0n) is 19.2.